The molecule has 1 heterocycles. The lowest BCUT2D eigenvalue weighted by Crippen LogP contribution is -2.10. The fourth-order valence-corrected chi connectivity index (χ4v) is 1.23. The molecule has 0 amide bonds. The molecule has 0 saturated carbocycles. The van der Waals surface area contributed by atoms with E-state index < -0.39 is 6.16 Å². The number of nitrogens with zero attached hydrogens (tertiary/aromatic N) is 1. The first kappa shape index (κ1) is 11.6. The van der Waals surface area contributed by atoms with E-state index in [1.165, 1.54) is 0 Å². The van der Waals surface area contributed by atoms with E-state index >= 15 is 0 Å². The minimum absolute atomic E-state index is 0.296. The molecule has 1 aromatic rings. The van der Waals surface area contributed by atoms with Crippen molar-refractivity contribution in [3.05, 3.63) is 11.3 Å². The molecule has 0 atom stereocenters. The predicted molar refractivity (Wildman–Crippen MR) is 55.0 cm³/mol. The third-order valence-electron chi connectivity index (χ3n) is 2.01. The van der Waals surface area contributed by atoms with Gasteiger partial charge in [0.05, 0.1) is 6.61 Å². The standard InChI is InChI=1S/C10H16N2O3/c1-4-6-8-7(3)9(12-11-8)15-10(13)14-5-2/h4-6H2,1-3H3,(H,11,12). The van der Waals surface area contributed by atoms with Crippen LogP contribution >= 0.6 is 0 Å². The van der Waals surface area contributed by atoms with E-state index in [0.29, 0.717) is 12.5 Å². The first-order chi connectivity index (χ1) is 7.19. The van der Waals surface area contributed by atoms with Crippen LogP contribution in [-0.4, -0.2) is 23.0 Å². The van der Waals surface area contributed by atoms with E-state index in [9.17, 15) is 4.79 Å². The maximum atomic E-state index is 11.0. The summed E-state index contributed by atoms with van der Waals surface area (Å²) in [4.78, 5) is 11.0. The summed E-state index contributed by atoms with van der Waals surface area (Å²) in [5.41, 5.74) is 1.86. The number of aromatic amines is 1. The summed E-state index contributed by atoms with van der Waals surface area (Å²) in [7, 11) is 0. The van der Waals surface area contributed by atoms with E-state index in [1.54, 1.807) is 6.92 Å². The molecule has 0 unspecified atom stereocenters. The molecule has 0 bridgehead atoms. The fraction of sp³-hybridized carbons (Fsp3) is 0.600. The zero-order chi connectivity index (χ0) is 11.3. The lowest BCUT2D eigenvalue weighted by atomic mass is 10.2. The molecule has 0 saturated heterocycles. The largest absolute Gasteiger partial charge is 0.515 e. The van der Waals surface area contributed by atoms with E-state index in [2.05, 4.69) is 21.9 Å². The van der Waals surface area contributed by atoms with E-state index in [-0.39, 0.29) is 0 Å². The topological polar surface area (TPSA) is 64.2 Å². The molecule has 5 heteroatoms. The quantitative estimate of drug-likeness (QED) is 0.777. The molecule has 5 nitrogen and oxygen atoms in total. The van der Waals surface area contributed by atoms with Gasteiger partial charge in [-0.1, -0.05) is 13.3 Å². The molecule has 0 aromatic carbocycles. The average Bonchev–Trinajstić information content (AvgIpc) is 2.51. The molecular formula is C10H16N2O3. The number of carbonyl (C=O) groups is 1. The summed E-state index contributed by atoms with van der Waals surface area (Å²) >= 11 is 0. The molecule has 15 heavy (non-hydrogen) atoms. The highest BCUT2D eigenvalue weighted by atomic mass is 16.7. The van der Waals surface area contributed by atoms with Gasteiger partial charge in [-0.15, -0.1) is 5.10 Å². The Labute approximate surface area is 88.8 Å². The Morgan fingerprint density at radius 3 is 2.80 bits per heavy atom. The maximum Gasteiger partial charge on any atom is 0.515 e. The monoisotopic (exact) mass is 212 g/mol. The minimum Gasteiger partial charge on any atom is -0.434 e. The SMILES string of the molecule is CCCc1[nH]nc(OC(=O)OCC)c1C. The van der Waals surface area contributed by atoms with Gasteiger partial charge in [0.1, 0.15) is 0 Å². The lowest BCUT2D eigenvalue weighted by Gasteiger charge is -2.01. The van der Waals surface area contributed by atoms with Gasteiger partial charge < -0.3 is 9.47 Å². The molecule has 84 valence electrons. The molecular weight excluding hydrogens is 196 g/mol. The molecule has 1 rings (SSSR count). The van der Waals surface area contributed by atoms with Crippen molar-refractivity contribution in [2.45, 2.75) is 33.6 Å². The second kappa shape index (κ2) is 5.38. The van der Waals surface area contributed by atoms with Crippen molar-refractivity contribution < 1.29 is 14.3 Å². The van der Waals surface area contributed by atoms with Crippen molar-refractivity contribution in [2.24, 2.45) is 0 Å². The molecule has 0 spiro atoms. The molecule has 0 aliphatic carbocycles. The number of nitrogens with one attached hydrogen (secondary N) is 1. The number of aryl methyl sites for hydroxylation is 1. The summed E-state index contributed by atoms with van der Waals surface area (Å²) in [5, 5.41) is 6.75. The normalized spacial score (nSPS) is 10.1. The van der Waals surface area contributed by atoms with Crippen molar-refractivity contribution in [3.63, 3.8) is 0 Å². The van der Waals surface area contributed by atoms with Gasteiger partial charge in [-0.25, -0.2) is 4.79 Å². The van der Waals surface area contributed by atoms with Crippen LogP contribution in [0.1, 0.15) is 31.5 Å². The van der Waals surface area contributed by atoms with E-state index in [1.807, 2.05) is 6.92 Å². The Bertz CT molecular complexity index is 333. The summed E-state index contributed by atoms with van der Waals surface area (Å²) in [6, 6.07) is 0. The van der Waals surface area contributed by atoms with Crippen LogP contribution in [0.2, 0.25) is 0 Å². The van der Waals surface area contributed by atoms with Crippen LogP contribution in [0, 0.1) is 6.92 Å². The zero-order valence-electron chi connectivity index (χ0n) is 9.29. The second-order valence-corrected chi connectivity index (χ2v) is 3.17. The second-order valence-electron chi connectivity index (χ2n) is 3.17. The van der Waals surface area contributed by atoms with Gasteiger partial charge in [0.25, 0.3) is 0 Å². The third-order valence-corrected chi connectivity index (χ3v) is 2.01. The molecule has 0 radical (unpaired) electrons. The molecule has 0 aliphatic heterocycles. The van der Waals surface area contributed by atoms with Crippen molar-refractivity contribution >= 4 is 6.16 Å². The number of rotatable bonds is 4. The van der Waals surface area contributed by atoms with Crippen LogP contribution in [0.3, 0.4) is 0 Å². The number of carbonyl (C=O) groups excluding carboxylic acids is 1. The third kappa shape index (κ3) is 2.97. The van der Waals surface area contributed by atoms with Gasteiger partial charge in [0.15, 0.2) is 0 Å². The number of H-pyrrole nitrogens is 1. The van der Waals surface area contributed by atoms with Gasteiger partial charge in [0.2, 0.25) is 5.88 Å². The van der Waals surface area contributed by atoms with E-state index in [0.717, 1.165) is 24.1 Å². The fourth-order valence-electron chi connectivity index (χ4n) is 1.23. The maximum absolute atomic E-state index is 11.0. The number of aromatic nitrogens is 2. The van der Waals surface area contributed by atoms with Crippen molar-refractivity contribution in [1.82, 2.24) is 10.2 Å². The van der Waals surface area contributed by atoms with E-state index in [4.69, 9.17) is 4.74 Å². The highest BCUT2D eigenvalue weighted by Crippen LogP contribution is 2.18. The van der Waals surface area contributed by atoms with Gasteiger partial charge >= 0.3 is 6.16 Å². The highest BCUT2D eigenvalue weighted by molar-refractivity contribution is 5.63. The Balaban J connectivity index is 2.65. The number of hydrogen-bond acceptors (Lipinski definition) is 4. The van der Waals surface area contributed by atoms with Crippen molar-refractivity contribution in [3.8, 4) is 5.88 Å². The van der Waals surface area contributed by atoms with Gasteiger partial charge in [0, 0.05) is 11.3 Å². The zero-order valence-corrected chi connectivity index (χ0v) is 9.29. The van der Waals surface area contributed by atoms with Crippen LogP contribution in [0.25, 0.3) is 0 Å². The van der Waals surface area contributed by atoms with Crippen LogP contribution in [-0.2, 0) is 11.2 Å². The molecule has 0 aliphatic rings. The lowest BCUT2D eigenvalue weighted by molar-refractivity contribution is 0.102. The smallest absolute Gasteiger partial charge is 0.434 e. The first-order valence-electron chi connectivity index (χ1n) is 5.07. The Morgan fingerprint density at radius 1 is 1.47 bits per heavy atom. The predicted octanol–water partition coefficient (Wildman–Crippen LogP) is 2.21. The van der Waals surface area contributed by atoms with Crippen LogP contribution < -0.4 is 4.74 Å². The average molecular weight is 212 g/mol. The summed E-state index contributed by atoms with van der Waals surface area (Å²) in [6.45, 7) is 5.96. The van der Waals surface area contributed by atoms with Gasteiger partial charge in [-0.05, 0) is 20.3 Å². The number of ether oxygens (including phenoxy) is 2. The van der Waals surface area contributed by atoms with Crippen molar-refractivity contribution in [1.29, 1.82) is 0 Å². The van der Waals surface area contributed by atoms with Crippen LogP contribution in [0.15, 0.2) is 0 Å². The summed E-state index contributed by atoms with van der Waals surface area (Å²) in [5.74, 6) is 0.303. The number of hydrogen-bond donors (Lipinski definition) is 1. The Hall–Kier alpha value is -1.52. The molecule has 1 aromatic heterocycles. The Kier molecular flexibility index (Phi) is 4.15. The van der Waals surface area contributed by atoms with Crippen molar-refractivity contribution in [2.75, 3.05) is 6.61 Å². The molecule has 1 N–H and O–H groups in total. The first-order valence-corrected chi connectivity index (χ1v) is 5.07. The van der Waals surface area contributed by atoms with Gasteiger partial charge in [-0.3, -0.25) is 5.10 Å². The van der Waals surface area contributed by atoms with Gasteiger partial charge in [-0.2, -0.15) is 0 Å². The molecule has 0 fully saturated rings. The summed E-state index contributed by atoms with van der Waals surface area (Å²) < 4.78 is 9.56. The summed E-state index contributed by atoms with van der Waals surface area (Å²) in [6.07, 6.45) is 1.20. The minimum atomic E-state index is -0.713. The van der Waals surface area contributed by atoms with Crippen LogP contribution in [0.5, 0.6) is 5.88 Å². The Morgan fingerprint density at radius 2 is 2.20 bits per heavy atom. The highest BCUT2D eigenvalue weighted by Gasteiger charge is 2.13. The van der Waals surface area contributed by atoms with Crippen LogP contribution in [0.4, 0.5) is 4.79 Å².